The summed E-state index contributed by atoms with van der Waals surface area (Å²) in [5.74, 6) is 0. The molecule has 1 fully saturated rings. The first-order valence-corrected chi connectivity index (χ1v) is 6.13. The number of ether oxygens (including phenoxy) is 1. The molecule has 2 rings (SSSR count). The predicted octanol–water partition coefficient (Wildman–Crippen LogP) is 0.884. The number of methoxy groups -OCH3 is 1. The molecule has 1 saturated heterocycles. The van der Waals surface area contributed by atoms with Gasteiger partial charge in [-0.1, -0.05) is 6.07 Å². The number of alkyl carbamates (subject to hydrolysis) is 1. The number of carbonyl (C=O) groups excluding carboxylic acids is 1. The van der Waals surface area contributed by atoms with Gasteiger partial charge in [-0.25, -0.2) is 9.78 Å². The zero-order valence-electron chi connectivity index (χ0n) is 10.8. The van der Waals surface area contributed by atoms with Crippen LogP contribution in [0, 0.1) is 11.3 Å². The maximum Gasteiger partial charge on any atom is 0.407 e. The van der Waals surface area contributed by atoms with Gasteiger partial charge in [-0.3, -0.25) is 4.90 Å². The van der Waals surface area contributed by atoms with Gasteiger partial charge in [-0.15, -0.1) is 0 Å². The smallest absolute Gasteiger partial charge is 0.407 e. The molecular formula is C13H16N4O2. The van der Waals surface area contributed by atoms with Gasteiger partial charge in [0.2, 0.25) is 0 Å². The summed E-state index contributed by atoms with van der Waals surface area (Å²) in [6.45, 7) is 2.32. The first kappa shape index (κ1) is 13.3. The zero-order valence-corrected chi connectivity index (χ0v) is 10.8. The van der Waals surface area contributed by atoms with Gasteiger partial charge in [0.05, 0.1) is 7.11 Å². The number of nitrogens with one attached hydrogen (secondary N) is 1. The zero-order chi connectivity index (χ0) is 13.7. The third-order valence-corrected chi connectivity index (χ3v) is 3.17. The summed E-state index contributed by atoms with van der Waals surface area (Å²) < 4.78 is 4.58. The molecule has 1 aliphatic heterocycles. The summed E-state index contributed by atoms with van der Waals surface area (Å²) >= 11 is 0. The fourth-order valence-electron chi connectivity index (χ4n) is 2.23. The van der Waals surface area contributed by atoms with E-state index in [-0.39, 0.29) is 6.04 Å². The van der Waals surface area contributed by atoms with Crippen LogP contribution in [0.1, 0.15) is 17.7 Å². The maximum atomic E-state index is 11.1. The molecule has 100 valence electrons. The van der Waals surface area contributed by atoms with E-state index >= 15 is 0 Å². The molecule has 2 heterocycles. The van der Waals surface area contributed by atoms with E-state index in [1.165, 1.54) is 7.11 Å². The number of likely N-dealkylation sites (tertiary alicyclic amines) is 1. The van der Waals surface area contributed by atoms with Crippen molar-refractivity contribution >= 4 is 6.09 Å². The lowest BCUT2D eigenvalue weighted by Gasteiger charge is -2.16. The van der Waals surface area contributed by atoms with Crippen molar-refractivity contribution in [1.82, 2.24) is 15.2 Å². The Labute approximate surface area is 112 Å². The minimum Gasteiger partial charge on any atom is -0.453 e. The molecule has 1 aliphatic rings. The average Bonchev–Trinajstić information content (AvgIpc) is 2.86. The summed E-state index contributed by atoms with van der Waals surface area (Å²) in [5.41, 5.74) is 1.38. The van der Waals surface area contributed by atoms with Crippen LogP contribution >= 0.6 is 0 Å². The Kier molecular flexibility index (Phi) is 4.31. The molecule has 0 aliphatic carbocycles. The maximum absolute atomic E-state index is 11.1. The molecule has 1 aromatic rings. The quantitative estimate of drug-likeness (QED) is 0.873. The van der Waals surface area contributed by atoms with Crippen LogP contribution in [0.2, 0.25) is 0 Å². The number of nitrogens with zero attached hydrogens (tertiary/aromatic N) is 3. The molecule has 19 heavy (non-hydrogen) atoms. The van der Waals surface area contributed by atoms with E-state index in [4.69, 9.17) is 5.26 Å². The standard InChI is InChI=1S/C13H16N4O2/c1-19-13(18)16-11-4-6-17(9-11)8-10-3-2-5-15-12(10)7-14/h2-3,5,11H,4,6,8-9H2,1H3,(H,16,18). The molecule has 1 unspecified atom stereocenters. The second-order valence-corrected chi connectivity index (χ2v) is 4.48. The number of hydrogen-bond donors (Lipinski definition) is 1. The lowest BCUT2D eigenvalue weighted by atomic mass is 10.2. The van der Waals surface area contributed by atoms with Crippen LogP contribution in [0.25, 0.3) is 0 Å². The third-order valence-electron chi connectivity index (χ3n) is 3.17. The monoisotopic (exact) mass is 260 g/mol. The largest absolute Gasteiger partial charge is 0.453 e. The fourth-order valence-corrected chi connectivity index (χ4v) is 2.23. The number of nitriles is 1. The van der Waals surface area contributed by atoms with Gasteiger partial charge in [0.1, 0.15) is 11.8 Å². The van der Waals surface area contributed by atoms with Gasteiger partial charge < -0.3 is 10.1 Å². The number of pyridine rings is 1. The van der Waals surface area contributed by atoms with Gasteiger partial charge in [-0.2, -0.15) is 5.26 Å². The Balaban J connectivity index is 1.92. The van der Waals surface area contributed by atoms with Crippen molar-refractivity contribution in [1.29, 1.82) is 5.26 Å². The van der Waals surface area contributed by atoms with E-state index in [1.54, 1.807) is 6.20 Å². The Morgan fingerprint density at radius 1 is 1.74 bits per heavy atom. The highest BCUT2D eigenvalue weighted by Gasteiger charge is 2.24. The second kappa shape index (κ2) is 6.16. The van der Waals surface area contributed by atoms with Gasteiger partial charge >= 0.3 is 6.09 Å². The molecule has 1 N–H and O–H groups in total. The van der Waals surface area contributed by atoms with Gasteiger partial charge in [0.15, 0.2) is 0 Å². The molecule has 0 aromatic carbocycles. The first-order valence-electron chi connectivity index (χ1n) is 6.13. The lowest BCUT2D eigenvalue weighted by molar-refractivity contribution is 0.166. The van der Waals surface area contributed by atoms with E-state index in [9.17, 15) is 4.79 Å². The van der Waals surface area contributed by atoms with Crippen molar-refractivity contribution in [3.8, 4) is 6.07 Å². The summed E-state index contributed by atoms with van der Waals surface area (Å²) in [5, 5.41) is 11.8. The number of rotatable bonds is 3. The first-order chi connectivity index (χ1) is 9.22. The highest BCUT2D eigenvalue weighted by atomic mass is 16.5. The van der Waals surface area contributed by atoms with Crippen LogP contribution in [0.5, 0.6) is 0 Å². The molecule has 1 amide bonds. The van der Waals surface area contributed by atoms with Crippen LogP contribution in [-0.4, -0.2) is 42.2 Å². The summed E-state index contributed by atoms with van der Waals surface area (Å²) in [7, 11) is 1.36. The van der Waals surface area contributed by atoms with E-state index in [0.29, 0.717) is 12.2 Å². The van der Waals surface area contributed by atoms with E-state index in [2.05, 4.69) is 26.0 Å². The SMILES string of the molecule is COC(=O)NC1CCN(Cc2cccnc2C#N)C1. The van der Waals surface area contributed by atoms with E-state index in [1.807, 2.05) is 12.1 Å². The Morgan fingerprint density at radius 3 is 3.32 bits per heavy atom. The third kappa shape index (κ3) is 3.42. The summed E-state index contributed by atoms with van der Waals surface area (Å²) in [4.78, 5) is 17.4. The van der Waals surface area contributed by atoms with Crippen molar-refractivity contribution in [2.75, 3.05) is 20.2 Å². The summed E-state index contributed by atoms with van der Waals surface area (Å²) in [6, 6.07) is 5.94. The molecule has 0 bridgehead atoms. The fraction of sp³-hybridized carbons (Fsp3) is 0.462. The molecule has 1 aromatic heterocycles. The van der Waals surface area contributed by atoms with Crippen LogP contribution in [0.4, 0.5) is 4.79 Å². The molecule has 0 radical (unpaired) electrons. The topological polar surface area (TPSA) is 78.2 Å². The molecule has 6 heteroatoms. The van der Waals surface area contributed by atoms with Crippen molar-refractivity contribution in [2.24, 2.45) is 0 Å². The molecular weight excluding hydrogens is 244 g/mol. The van der Waals surface area contributed by atoms with Crippen molar-refractivity contribution in [3.63, 3.8) is 0 Å². The van der Waals surface area contributed by atoms with Crippen molar-refractivity contribution in [2.45, 2.75) is 19.0 Å². The lowest BCUT2D eigenvalue weighted by Crippen LogP contribution is -2.36. The van der Waals surface area contributed by atoms with Gasteiger partial charge in [-0.05, 0) is 12.5 Å². The van der Waals surface area contributed by atoms with Crippen molar-refractivity contribution < 1.29 is 9.53 Å². The van der Waals surface area contributed by atoms with Crippen molar-refractivity contribution in [3.05, 3.63) is 29.6 Å². The van der Waals surface area contributed by atoms with Gasteiger partial charge in [0.25, 0.3) is 0 Å². The molecule has 6 nitrogen and oxygen atoms in total. The van der Waals surface area contributed by atoms with Crippen LogP contribution < -0.4 is 5.32 Å². The van der Waals surface area contributed by atoms with Crippen LogP contribution in [0.3, 0.4) is 0 Å². The number of hydrogen-bond acceptors (Lipinski definition) is 5. The summed E-state index contributed by atoms with van der Waals surface area (Å²) in [6.07, 6.45) is 2.11. The van der Waals surface area contributed by atoms with Crippen LogP contribution in [-0.2, 0) is 11.3 Å². The Hall–Kier alpha value is -2.13. The molecule has 0 saturated carbocycles. The minimum atomic E-state index is -0.397. The predicted molar refractivity (Wildman–Crippen MR) is 68.2 cm³/mol. The van der Waals surface area contributed by atoms with Crippen LogP contribution in [0.15, 0.2) is 18.3 Å². The van der Waals surface area contributed by atoms with E-state index < -0.39 is 6.09 Å². The average molecular weight is 260 g/mol. The highest BCUT2D eigenvalue weighted by molar-refractivity contribution is 5.67. The normalized spacial score (nSPS) is 18.8. The Bertz CT molecular complexity index is 498. The van der Waals surface area contributed by atoms with Gasteiger partial charge in [0, 0.05) is 37.4 Å². The molecule has 1 atom stereocenters. The minimum absolute atomic E-state index is 0.106. The second-order valence-electron chi connectivity index (χ2n) is 4.48. The highest BCUT2D eigenvalue weighted by Crippen LogP contribution is 2.15. The number of carbonyl (C=O) groups is 1. The number of aromatic nitrogens is 1. The molecule has 0 spiro atoms. The van der Waals surface area contributed by atoms with E-state index in [0.717, 1.165) is 25.1 Å². The number of amides is 1. The Morgan fingerprint density at radius 2 is 2.58 bits per heavy atom.